The Bertz CT molecular complexity index is 765. The summed E-state index contributed by atoms with van der Waals surface area (Å²) in [6.07, 6.45) is 0.708. The molecule has 2 aromatic rings. The number of ether oxygens (including phenoxy) is 1. The molecule has 0 aliphatic heterocycles. The van der Waals surface area contributed by atoms with Gasteiger partial charge in [-0.25, -0.2) is 4.98 Å². The van der Waals surface area contributed by atoms with E-state index in [0.717, 1.165) is 37.4 Å². The Morgan fingerprint density at radius 1 is 1.14 bits per heavy atom. The Kier molecular flexibility index (Phi) is 7.66. The van der Waals surface area contributed by atoms with Gasteiger partial charge in [-0.3, -0.25) is 0 Å². The molecular weight excluding hydrogens is 367 g/mol. The Morgan fingerprint density at radius 2 is 1.86 bits per heavy atom. The second-order valence-electron chi connectivity index (χ2n) is 6.87. The third-order valence-corrected chi connectivity index (χ3v) is 4.65. The van der Waals surface area contributed by atoms with Crippen LogP contribution >= 0.6 is 0 Å². The molecule has 0 amide bonds. The highest BCUT2D eigenvalue weighted by Crippen LogP contribution is 2.38. The Balaban J connectivity index is 2.45. The van der Waals surface area contributed by atoms with Crippen molar-refractivity contribution >= 4 is 11.5 Å². The number of para-hydroxylation sites is 1. The first-order valence-corrected chi connectivity index (χ1v) is 9.70. The summed E-state index contributed by atoms with van der Waals surface area (Å²) in [5, 5.41) is 0. The maximum absolute atomic E-state index is 13.6. The van der Waals surface area contributed by atoms with Crippen molar-refractivity contribution in [2.45, 2.75) is 65.2 Å². The van der Waals surface area contributed by atoms with Gasteiger partial charge in [0.1, 0.15) is 5.56 Å². The van der Waals surface area contributed by atoms with Crippen molar-refractivity contribution in [3.8, 4) is 6.01 Å². The lowest BCUT2D eigenvalue weighted by atomic mass is 10.0. The summed E-state index contributed by atoms with van der Waals surface area (Å²) in [4.78, 5) is 9.37. The van der Waals surface area contributed by atoms with Crippen LogP contribution in [-0.4, -0.2) is 23.1 Å². The Labute approximate surface area is 164 Å². The van der Waals surface area contributed by atoms with E-state index in [9.17, 15) is 13.2 Å². The third-order valence-electron chi connectivity index (χ3n) is 4.65. The summed E-state index contributed by atoms with van der Waals surface area (Å²) >= 11 is 0. The number of unbranched alkanes of at least 4 members (excludes halogenated alkanes) is 2. The zero-order valence-corrected chi connectivity index (χ0v) is 16.9. The summed E-state index contributed by atoms with van der Waals surface area (Å²) in [5.74, 6) is -0.205. The van der Waals surface area contributed by atoms with E-state index < -0.39 is 11.7 Å². The van der Waals surface area contributed by atoms with Crippen LogP contribution in [0.25, 0.3) is 0 Å². The molecule has 1 unspecified atom stereocenters. The molecule has 0 bridgehead atoms. The van der Waals surface area contributed by atoms with Gasteiger partial charge < -0.3 is 9.64 Å². The van der Waals surface area contributed by atoms with Gasteiger partial charge in [-0.1, -0.05) is 44.9 Å². The van der Waals surface area contributed by atoms with Gasteiger partial charge in [0.25, 0.3) is 0 Å². The van der Waals surface area contributed by atoms with Gasteiger partial charge >= 0.3 is 12.2 Å². The van der Waals surface area contributed by atoms with Crippen LogP contribution < -0.4 is 9.64 Å². The van der Waals surface area contributed by atoms with Crippen molar-refractivity contribution in [1.29, 1.82) is 0 Å². The second-order valence-corrected chi connectivity index (χ2v) is 6.87. The van der Waals surface area contributed by atoms with Gasteiger partial charge in [0, 0.05) is 18.9 Å². The van der Waals surface area contributed by atoms with Gasteiger partial charge in [-0.15, -0.1) is 0 Å². The van der Waals surface area contributed by atoms with Crippen molar-refractivity contribution in [2.24, 2.45) is 0 Å². The van der Waals surface area contributed by atoms with E-state index in [-0.39, 0.29) is 17.9 Å². The molecule has 2 rings (SSSR count). The fourth-order valence-electron chi connectivity index (χ4n) is 2.86. The van der Waals surface area contributed by atoms with Crippen molar-refractivity contribution in [3.05, 3.63) is 41.6 Å². The fraction of sp³-hybridized carbons (Fsp3) is 0.524. The quantitative estimate of drug-likeness (QED) is 0.476. The molecule has 0 N–H and O–H groups in total. The lowest BCUT2D eigenvalue weighted by molar-refractivity contribution is -0.137. The van der Waals surface area contributed by atoms with Crippen LogP contribution in [0.3, 0.4) is 0 Å². The molecule has 7 heteroatoms. The maximum Gasteiger partial charge on any atom is 0.421 e. The molecule has 1 aromatic heterocycles. The molecule has 1 aromatic carbocycles. The largest absolute Gasteiger partial charge is 0.460 e. The molecule has 0 spiro atoms. The zero-order chi connectivity index (χ0) is 20.7. The molecule has 28 heavy (non-hydrogen) atoms. The first-order valence-electron chi connectivity index (χ1n) is 9.70. The molecule has 0 aliphatic rings. The number of benzene rings is 1. The molecule has 0 aliphatic carbocycles. The van der Waals surface area contributed by atoms with E-state index in [1.165, 1.54) is 4.90 Å². The normalized spacial score (nSPS) is 12.7. The molecule has 4 nitrogen and oxygen atoms in total. The summed E-state index contributed by atoms with van der Waals surface area (Å²) in [6.45, 7) is 5.87. The minimum Gasteiger partial charge on any atom is -0.460 e. The minimum atomic E-state index is -4.56. The van der Waals surface area contributed by atoms with Crippen LogP contribution in [0.5, 0.6) is 6.01 Å². The van der Waals surface area contributed by atoms with E-state index in [1.54, 1.807) is 7.05 Å². The number of alkyl halides is 3. The van der Waals surface area contributed by atoms with Crippen LogP contribution in [0.1, 0.15) is 57.6 Å². The second kappa shape index (κ2) is 9.75. The predicted octanol–water partition coefficient (Wildman–Crippen LogP) is 6.17. The molecule has 0 saturated carbocycles. The standard InChI is InChI=1S/C21H28F3N3O/c1-5-7-8-11-16-12-9-10-13-18(16)27(4)19-17(21(22,23)24)14-25-20(26-19)28-15(3)6-2/h9-10,12-15H,5-8,11H2,1-4H3. The molecule has 1 heterocycles. The molecule has 1 atom stereocenters. The van der Waals surface area contributed by atoms with E-state index in [4.69, 9.17) is 4.74 Å². The average molecular weight is 395 g/mol. The number of rotatable bonds is 9. The van der Waals surface area contributed by atoms with Crippen molar-refractivity contribution in [1.82, 2.24) is 9.97 Å². The smallest absolute Gasteiger partial charge is 0.421 e. The highest BCUT2D eigenvalue weighted by molar-refractivity contribution is 5.66. The molecule has 154 valence electrons. The molecule has 0 radical (unpaired) electrons. The van der Waals surface area contributed by atoms with Crippen LogP contribution in [0.15, 0.2) is 30.5 Å². The van der Waals surface area contributed by atoms with Gasteiger partial charge in [-0.2, -0.15) is 18.2 Å². The Hall–Kier alpha value is -2.31. The van der Waals surface area contributed by atoms with E-state index in [2.05, 4.69) is 16.9 Å². The van der Waals surface area contributed by atoms with Gasteiger partial charge in [0.15, 0.2) is 5.82 Å². The summed E-state index contributed by atoms with van der Waals surface area (Å²) in [5.41, 5.74) is 0.821. The average Bonchev–Trinajstić information content (AvgIpc) is 2.67. The number of aryl methyl sites for hydroxylation is 1. The predicted molar refractivity (Wildman–Crippen MR) is 105 cm³/mol. The van der Waals surface area contributed by atoms with E-state index >= 15 is 0 Å². The van der Waals surface area contributed by atoms with Crippen molar-refractivity contribution in [2.75, 3.05) is 11.9 Å². The minimum absolute atomic E-state index is 0.0485. The highest BCUT2D eigenvalue weighted by atomic mass is 19.4. The molecule has 0 fully saturated rings. The van der Waals surface area contributed by atoms with Crippen LogP contribution in [-0.2, 0) is 12.6 Å². The first kappa shape index (κ1) is 22.0. The van der Waals surface area contributed by atoms with Gasteiger partial charge in [0.2, 0.25) is 0 Å². The fourth-order valence-corrected chi connectivity index (χ4v) is 2.86. The maximum atomic E-state index is 13.6. The van der Waals surface area contributed by atoms with Crippen LogP contribution in [0.4, 0.5) is 24.7 Å². The highest BCUT2D eigenvalue weighted by Gasteiger charge is 2.37. The number of nitrogens with zero attached hydrogens (tertiary/aromatic N) is 3. The summed E-state index contributed by atoms with van der Waals surface area (Å²) < 4.78 is 46.3. The molecular formula is C21H28F3N3O. The van der Waals surface area contributed by atoms with E-state index in [0.29, 0.717) is 12.1 Å². The van der Waals surface area contributed by atoms with Crippen molar-refractivity contribution in [3.63, 3.8) is 0 Å². The SMILES string of the molecule is CCCCCc1ccccc1N(C)c1nc(OC(C)CC)ncc1C(F)(F)F. The lowest BCUT2D eigenvalue weighted by Crippen LogP contribution is -2.21. The molecule has 0 saturated heterocycles. The number of hydrogen-bond acceptors (Lipinski definition) is 4. The first-order chi connectivity index (χ1) is 13.3. The summed E-state index contributed by atoms with van der Waals surface area (Å²) in [6, 6.07) is 7.44. The van der Waals surface area contributed by atoms with Crippen LogP contribution in [0, 0.1) is 0 Å². The monoisotopic (exact) mass is 395 g/mol. The third kappa shape index (κ3) is 5.59. The lowest BCUT2D eigenvalue weighted by Gasteiger charge is -2.25. The van der Waals surface area contributed by atoms with Crippen LogP contribution in [0.2, 0.25) is 0 Å². The van der Waals surface area contributed by atoms with E-state index in [1.807, 2.05) is 38.1 Å². The van der Waals surface area contributed by atoms with Gasteiger partial charge in [0.05, 0.1) is 6.10 Å². The zero-order valence-electron chi connectivity index (χ0n) is 16.9. The Morgan fingerprint density at radius 3 is 2.50 bits per heavy atom. The van der Waals surface area contributed by atoms with Gasteiger partial charge in [-0.05, 0) is 37.8 Å². The number of aromatic nitrogens is 2. The summed E-state index contributed by atoms with van der Waals surface area (Å²) in [7, 11) is 1.60. The number of hydrogen-bond donors (Lipinski definition) is 0. The topological polar surface area (TPSA) is 38.2 Å². The van der Waals surface area contributed by atoms with Crippen molar-refractivity contribution < 1.29 is 17.9 Å². The number of anilines is 2. The number of halogens is 3.